The summed E-state index contributed by atoms with van der Waals surface area (Å²) in [5.74, 6) is 0.262. The van der Waals surface area contributed by atoms with Crippen molar-refractivity contribution in [2.75, 3.05) is 0 Å². The molecule has 0 aliphatic carbocycles. The van der Waals surface area contributed by atoms with E-state index in [9.17, 15) is 9.59 Å². The average Bonchev–Trinajstić information content (AvgIpc) is 3.28. The third kappa shape index (κ3) is 7.82. The summed E-state index contributed by atoms with van der Waals surface area (Å²) in [6, 6.07) is 7.14. The summed E-state index contributed by atoms with van der Waals surface area (Å²) < 4.78 is 10.3. The lowest BCUT2D eigenvalue weighted by atomic mass is 10.3. The molecule has 0 fully saturated rings. The Balaban J connectivity index is 1.71. The van der Waals surface area contributed by atoms with Gasteiger partial charge in [0.2, 0.25) is 11.8 Å². The zero-order chi connectivity index (χ0) is 19.5. The van der Waals surface area contributed by atoms with Gasteiger partial charge in [-0.25, -0.2) is 10.9 Å². The largest absolute Gasteiger partial charge is 0.465 e. The van der Waals surface area contributed by atoms with Crippen molar-refractivity contribution >= 4 is 36.4 Å². The van der Waals surface area contributed by atoms with Gasteiger partial charge in [0, 0.05) is 0 Å². The molecule has 8 heteroatoms. The van der Waals surface area contributed by atoms with Crippen molar-refractivity contribution in [1.82, 2.24) is 10.9 Å². The number of nitrogens with zero attached hydrogens (tertiary/aromatic N) is 2. The number of furan rings is 2. The highest BCUT2D eigenvalue weighted by Gasteiger charge is 2.07. The standard InChI is InChI=1S/C19H20N4O4/c1-14(9-16-5-3-7-26-16)12-20-22-18(24)11-19(25)23-21-13-15(2)10-17-6-4-8-27-17/h3-10,12-13H,11H2,1-2H3,(H,22,24)(H,23,25). The van der Waals surface area contributed by atoms with Gasteiger partial charge in [0.1, 0.15) is 17.9 Å². The number of allylic oxidation sites excluding steroid dienone is 2. The molecular formula is C19H20N4O4. The lowest BCUT2D eigenvalue weighted by Crippen LogP contribution is -2.27. The van der Waals surface area contributed by atoms with E-state index in [-0.39, 0.29) is 0 Å². The van der Waals surface area contributed by atoms with Crippen molar-refractivity contribution in [1.29, 1.82) is 0 Å². The van der Waals surface area contributed by atoms with Crippen molar-refractivity contribution in [3.63, 3.8) is 0 Å². The Bertz CT molecular complexity index is 787. The van der Waals surface area contributed by atoms with Crippen molar-refractivity contribution in [3.05, 3.63) is 59.5 Å². The minimum absolute atomic E-state index is 0.392. The molecule has 8 nitrogen and oxygen atoms in total. The normalized spacial score (nSPS) is 12.7. The highest BCUT2D eigenvalue weighted by atomic mass is 16.3. The predicted molar refractivity (Wildman–Crippen MR) is 103 cm³/mol. The quantitative estimate of drug-likeness (QED) is 0.424. The maximum atomic E-state index is 11.7. The molecule has 2 aromatic rings. The van der Waals surface area contributed by atoms with Crippen LogP contribution in [0.2, 0.25) is 0 Å². The second-order valence-corrected chi connectivity index (χ2v) is 5.57. The molecule has 27 heavy (non-hydrogen) atoms. The smallest absolute Gasteiger partial charge is 0.249 e. The van der Waals surface area contributed by atoms with Gasteiger partial charge in [0.25, 0.3) is 0 Å². The molecule has 0 unspecified atom stereocenters. The topological polar surface area (TPSA) is 109 Å². The Morgan fingerprint density at radius 1 is 0.889 bits per heavy atom. The maximum absolute atomic E-state index is 11.7. The second-order valence-electron chi connectivity index (χ2n) is 5.57. The molecule has 0 atom stereocenters. The zero-order valence-corrected chi connectivity index (χ0v) is 15.0. The number of hydrogen-bond donors (Lipinski definition) is 2. The monoisotopic (exact) mass is 368 g/mol. The van der Waals surface area contributed by atoms with Crippen LogP contribution in [0.4, 0.5) is 0 Å². The first kappa shape index (κ1) is 19.6. The molecule has 2 aromatic heterocycles. The first-order valence-electron chi connectivity index (χ1n) is 8.10. The molecule has 0 bridgehead atoms. The average molecular weight is 368 g/mol. The Morgan fingerprint density at radius 2 is 1.33 bits per heavy atom. The fourth-order valence-electron chi connectivity index (χ4n) is 1.91. The predicted octanol–water partition coefficient (Wildman–Crippen LogP) is 2.97. The summed E-state index contributed by atoms with van der Waals surface area (Å²) in [4.78, 5) is 23.3. The van der Waals surface area contributed by atoms with Gasteiger partial charge in [-0.15, -0.1) is 0 Å². The number of hydrogen-bond acceptors (Lipinski definition) is 6. The summed E-state index contributed by atoms with van der Waals surface area (Å²) in [5, 5.41) is 7.57. The lowest BCUT2D eigenvalue weighted by Gasteiger charge is -1.99. The molecule has 2 N–H and O–H groups in total. The number of amides is 2. The number of nitrogens with one attached hydrogen (secondary N) is 2. The summed E-state index contributed by atoms with van der Waals surface area (Å²) in [6.07, 6.45) is 9.17. The molecule has 0 aromatic carbocycles. The van der Waals surface area contributed by atoms with Crippen molar-refractivity contribution in [3.8, 4) is 0 Å². The molecular weight excluding hydrogens is 348 g/mol. The van der Waals surface area contributed by atoms with E-state index in [2.05, 4.69) is 21.1 Å². The van der Waals surface area contributed by atoms with E-state index in [1.165, 1.54) is 12.4 Å². The van der Waals surface area contributed by atoms with Gasteiger partial charge in [-0.05, 0) is 61.4 Å². The minimum atomic E-state index is -0.549. The van der Waals surface area contributed by atoms with Gasteiger partial charge < -0.3 is 8.83 Å². The van der Waals surface area contributed by atoms with Crippen LogP contribution in [0.5, 0.6) is 0 Å². The number of carbonyl (C=O) groups is 2. The summed E-state index contributed by atoms with van der Waals surface area (Å²) in [7, 11) is 0. The first-order chi connectivity index (χ1) is 13.0. The Hall–Kier alpha value is -3.68. The van der Waals surface area contributed by atoms with Crippen LogP contribution in [-0.4, -0.2) is 24.2 Å². The SMILES string of the molecule is CC(C=NNC(=O)CC(=O)NN=CC(C)=Cc1ccco1)=Cc1ccco1. The zero-order valence-electron chi connectivity index (χ0n) is 15.0. The Morgan fingerprint density at radius 3 is 1.70 bits per heavy atom. The first-order valence-corrected chi connectivity index (χ1v) is 8.10. The fraction of sp³-hybridized carbons (Fsp3) is 0.158. The lowest BCUT2D eigenvalue weighted by molar-refractivity contribution is -0.129. The minimum Gasteiger partial charge on any atom is -0.465 e. The Labute approximate surface area is 156 Å². The highest BCUT2D eigenvalue weighted by Crippen LogP contribution is 2.06. The van der Waals surface area contributed by atoms with E-state index >= 15 is 0 Å². The van der Waals surface area contributed by atoms with Crippen LogP contribution in [0.3, 0.4) is 0 Å². The number of rotatable bonds is 8. The van der Waals surface area contributed by atoms with Gasteiger partial charge in [0.05, 0.1) is 25.0 Å². The molecule has 2 amide bonds. The van der Waals surface area contributed by atoms with Crippen molar-refractivity contribution in [2.45, 2.75) is 20.3 Å². The van der Waals surface area contributed by atoms with Crippen molar-refractivity contribution in [2.24, 2.45) is 10.2 Å². The number of hydrazone groups is 2. The van der Waals surface area contributed by atoms with Crippen LogP contribution in [0.25, 0.3) is 12.2 Å². The van der Waals surface area contributed by atoms with Gasteiger partial charge in [-0.3, -0.25) is 9.59 Å². The van der Waals surface area contributed by atoms with E-state index in [1.807, 2.05) is 0 Å². The van der Waals surface area contributed by atoms with E-state index in [4.69, 9.17) is 8.83 Å². The Kier molecular flexibility index (Phi) is 7.52. The molecule has 2 rings (SSSR count). The molecule has 0 spiro atoms. The molecule has 0 aliphatic heterocycles. The molecule has 0 saturated carbocycles. The second kappa shape index (κ2) is 10.3. The third-order valence-corrected chi connectivity index (χ3v) is 3.06. The fourth-order valence-corrected chi connectivity index (χ4v) is 1.91. The molecule has 0 aliphatic rings. The van der Waals surface area contributed by atoms with Crippen LogP contribution in [0, 0.1) is 0 Å². The third-order valence-electron chi connectivity index (χ3n) is 3.06. The molecule has 0 radical (unpaired) electrons. The summed E-state index contributed by atoms with van der Waals surface area (Å²) >= 11 is 0. The molecule has 0 saturated heterocycles. The van der Waals surface area contributed by atoms with Gasteiger partial charge in [-0.1, -0.05) is 0 Å². The van der Waals surface area contributed by atoms with E-state index in [1.54, 1.807) is 62.8 Å². The van der Waals surface area contributed by atoms with E-state index in [0.29, 0.717) is 11.5 Å². The van der Waals surface area contributed by atoms with Crippen molar-refractivity contribution < 1.29 is 18.4 Å². The van der Waals surface area contributed by atoms with E-state index < -0.39 is 18.2 Å². The van der Waals surface area contributed by atoms with Crippen LogP contribution in [0.15, 0.2) is 67.0 Å². The van der Waals surface area contributed by atoms with Gasteiger partial charge in [-0.2, -0.15) is 10.2 Å². The van der Waals surface area contributed by atoms with Crippen LogP contribution >= 0.6 is 0 Å². The summed E-state index contributed by atoms with van der Waals surface area (Å²) in [6.45, 7) is 3.61. The molecule has 2 heterocycles. The van der Waals surface area contributed by atoms with E-state index in [0.717, 1.165) is 11.1 Å². The van der Waals surface area contributed by atoms with Gasteiger partial charge >= 0.3 is 0 Å². The summed E-state index contributed by atoms with van der Waals surface area (Å²) in [5.41, 5.74) is 6.10. The highest BCUT2D eigenvalue weighted by molar-refractivity contribution is 5.97. The number of carbonyl (C=O) groups excluding carboxylic acids is 2. The van der Waals surface area contributed by atoms with Crippen LogP contribution in [0.1, 0.15) is 31.8 Å². The molecule has 140 valence electrons. The van der Waals surface area contributed by atoms with Gasteiger partial charge in [0.15, 0.2) is 0 Å². The maximum Gasteiger partial charge on any atom is 0.249 e. The van der Waals surface area contributed by atoms with Crippen LogP contribution in [-0.2, 0) is 9.59 Å². The van der Waals surface area contributed by atoms with Crippen LogP contribution < -0.4 is 10.9 Å².